The van der Waals surface area contributed by atoms with Crippen LogP contribution < -0.4 is 5.32 Å². The lowest BCUT2D eigenvalue weighted by Crippen LogP contribution is -2.44. The molecular formula is C20H29ClN2O6. The summed E-state index contributed by atoms with van der Waals surface area (Å²) in [6.45, 7) is 5.53. The molecule has 0 unspecified atom stereocenters. The summed E-state index contributed by atoms with van der Waals surface area (Å²) in [6, 6.07) is 6.07. The summed E-state index contributed by atoms with van der Waals surface area (Å²) in [7, 11) is 1.40. The first kappa shape index (κ1) is 24.6. The van der Waals surface area contributed by atoms with Gasteiger partial charge in [-0.1, -0.05) is 29.8 Å². The summed E-state index contributed by atoms with van der Waals surface area (Å²) < 4.78 is 10.3. The van der Waals surface area contributed by atoms with E-state index in [1.165, 1.54) is 7.05 Å². The van der Waals surface area contributed by atoms with Crippen LogP contribution in [0.5, 0.6) is 0 Å². The number of nitrogens with zero attached hydrogens (tertiary/aromatic N) is 1. The van der Waals surface area contributed by atoms with Gasteiger partial charge in [0.1, 0.15) is 18.2 Å². The van der Waals surface area contributed by atoms with Gasteiger partial charge in [0.2, 0.25) is 0 Å². The molecule has 0 saturated carbocycles. The van der Waals surface area contributed by atoms with Gasteiger partial charge in [-0.3, -0.25) is 4.90 Å². The summed E-state index contributed by atoms with van der Waals surface area (Å²) in [5, 5.41) is 12.5. The van der Waals surface area contributed by atoms with Crippen LogP contribution in [-0.4, -0.2) is 53.4 Å². The number of carbonyl (C=O) groups excluding carboxylic acids is 2. The highest BCUT2D eigenvalue weighted by molar-refractivity contribution is 6.31. The Morgan fingerprint density at radius 1 is 1.21 bits per heavy atom. The van der Waals surface area contributed by atoms with Crippen LogP contribution in [0.15, 0.2) is 24.3 Å². The summed E-state index contributed by atoms with van der Waals surface area (Å²) in [5.74, 6) is -1.11. The van der Waals surface area contributed by atoms with Gasteiger partial charge in [-0.25, -0.2) is 14.4 Å². The van der Waals surface area contributed by atoms with Gasteiger partial charge in [0.05, 0.1) is 0 Å². The van der Waals surface area contributed by atoms with Crippen molar-refractivity contribution in [3.8, 4) is 0 Å². The Labute approximate surface area is 176 Å². The Kier molecular flexibility index (Phi) is 9.74. The van der Waals surface area contributed by atoms with Gasteiger partial charge >= 0.3 is 18.2 Å². The maximum absolute atomic E-state index is 12.1. The second-order valence-corrected chi connectivity index (χ2v) is 7.94. The molecular weight excluding hydrogens is 400 g/mol. The molecule has 8 nitrogen and oxygen atoms in total. The van der Waals surface area contributed by atoms with E-state index in [0.29, 0.717) is 30.0 Å². The Morgan fingerprint density at radius 2 is 1.86 bits per heavy atom. The van der Waals surface area contributed by atoms with E-state index in [1.807, 2.05) is 0 Å². The zero-order valence-electron chi connectivity index (χ0n) is 17.2. The maximum atomic E-state index is 12.1. The lowest BCUT2D eigenvalue weighted by Gasteiger charge is -2.28. The molecule has 0 aromatic heterocycles. The third kappa shape index (κ3) is 9.51. The van der Waals surface area contributed by atoms with Crippen molar-refractivity contribution in [2.45, 2.75) is 58.3 Å². The topological polar surface area (TPSA) is 105 Å². The Morgan fingerprint density at radius 3 is 2.45 bits per heavy atom. The number of hydrogen-bond donors (Lipinski definition) is 2. The Hall–Kier alpha value is -2.48. The van der Waals surface area contributed by atoms with Crippen LogP contribution >= 0.6 is 11.6 Å². The van der Waals surface area contributed by atoms with Gasteiger partial charge in [-0.2, -0.15) is 0 Å². The van der Waals surface area contributed by atoms with Gasteiger partial charge in [0, 0.05) is 24.2 Å². The number of ether oxygens (including phenoxy) is 2. The van der Waals surface area contributed by atoms with Crippen molar-refractivity contribution in [2.75, 3.05) is 13.6 Å². The van der Waals surface area contributed by atoms with Gasteiger partial charge in [-0.15, -0.1) is 0 Å². The summed E-state index contributed by atoms with van der Waals surface area (Å²) in [6.07, 6.45) is 0.000423. The largest absolute Gasteiger partial charge is 0.480 e. The number of carboxylic acids is 1. The monoisotopic (exact) mass is 428 g/mol. The fourth-order valence-corrected chi connectivity index (χ4v) is 2.60. The number of benzene rings is 1. The lowest BCUT2D eigenvalue weighted by molar-refractivity contribution is -0.143. The zero-order chi connectivity index (χ0) is 22.0. The van der Waals surface area contributed by atoms with Crippen molar-refractivity contribution in [2.24, 2.45) is 0 Å². The third-order valence-electron chi connectivity index (χ3n) is 3.92. The predicted molar refractivity (Wildman–Crippen MR) is 109 cm³/mol. The lowest BCUT2D eigenvalue weighted by atomic mass is 10.1. The van der Waals surface area contributed by atoms with E-state index in [2.05, 4.69) is 5.32 Å². The number of carboxylic acid groups (broad SMARTS) is 1. The normalized spacial score (nSPS) is 12.0. The number of halogens is 1. The van der Waals surface area contributed by atoms with E-state index < -0.39 is 29.8 Å². The van der Waals surface area contributed by atoms with Crippen molar-refractivity contribution < 1.29 is 29.0 Å². The second-order valence-electron chi connectivity index (χ2n) is 7.54. The third-order valence-corrected chi connectivity index (χ3v) is 4.29. The smallest absolute Gasteiger partial charge is 0.410 e. The number of alkyl carbamates (subject to hydrolysis) is 1. The molecule has 29 heavy (non-hydrogen) atoms. The summed E-state index contributed by atoms with van der Waals surface area (Å²) in [5.41, 5.74) is 0.00152. The van der Waals surface area contributed by atoms with Crippen LogP contribution in [0, 0.1) is 0 Å². The molecule has 2 N–H and O–H groups in total. The zero-order valence-corrected chi connectivity index (χ0v) is 18.0. The molecule has 9 heteroatoms. The molecule has 0 fully saturated rings. The standard InChI is InChI=1S/C20H29ClN2O6/c1-20(2,3)29-19(27)23(4)16(17(24)25)11-7-8-12-22-18(26)28-13-14-9-5-6-10-15(14)21/h5-6,9-10,16H,7-8,11-13H2,1-4H3,(H,22,26)(H,24,25)/t16-/m0/s1. The first-order valence-corrected chi connectivity index (χ1v) is 9.71. The molecule has 0 saturated heterocycles. The molecule has 0 aliphatic heterocycles. The number of carbonyl (C=O) groups is 3. The first-order valence-electron chi connectivity index (χ1n) is 9.34. The van der Waals surface area contributed by atoms with E-state index in [-0.39, 0.29) is 13.0 Å². The van der Waals surface area contributed by atoms with E-state index in [0.717, 1.165) is 4.90 Å². The van der Waals surface area contributed by atoms with E-state index in [9.17, 15) is 19.5 Å². The minimum absolute atomic E-state index is 0.0628. The van der Waals surface area contributed by atoms with Gasteiger partial charge in [-0.05, 0) is 46.1 Å². The van der Waals surface area contributed by atoms with Crippen LogP contribution in [0.25, 0.3) is 0 Å². The number of amides is 2. The van der Waals surface area contributed by atoms with Gasteiger partial charge in [0.25, 0.3) is 0 Å². The average Bonchev–Trinajstić information content (AvgIpc) is 2.61. The number of aliphatic carboxylic acids is 1. The predicted octanol–water partition coefficient (Wildman–Crippen LogP) is 4.06. The molecule has 0 aliphatic rings. The molecule has 1 atom stereocenters. The number of likely N-dealkylation sites (N-methyl/N-ethyl adjacent to an activating group) is 1. The fraction of sp³-hybridized carbons (Fsp3) is 0.550. The number of unbranched alkanes of at least 4 members (excludes halogenated alkanes) is 1. The molecule has 0 radical (unpaired) electrons. The van der Waals surface area contributed by atoms with Crippen LogP contribution in [0.4, 0.5) is 9.59 Å². The van der Waals surface area contributed by atoms with Crippen molar-refractivity contribution in [3.63, 3.8) is 0 Å². The Bertz CT molecular complexity index is 704. The Balaban J connectivity index is 2.33. The van der Waals surface area contributed by atoms with Crippen molar-refractivity contribution in [3.05, 3.63) is 34.9 Å². The highest BCUT2D eigenvalue weighted by Crippen LogP contribution is 2.16. The van der Waals surface area contributed by atoms with Crippen molar-refractivity contribution in [1.29, 1.82) is 0 Å². The molecule has 0 bridgehead atoms. The molecule has 162 valence electrons. The summed E-state index contributed by atoms with van der Waals surface area (Å²) in [4.78, 5) is 36.3. The second kappa shape index (κ2) is 11.5. The number of rotatable bonds is 9. The molecule has 1 aromatic rings. The maximum Gasteiger partial charge on any atom is 0.410 e. The van der Waals surface area contributed by atoms with Gasteiger partial charge < -0.3 is 19.9 Å². The number of nitrogens with one attached hydrogen (secondary N) is 1. The highest BCUT2D eigenvalue weighted by atomic mass is 35.5. The highest BCUT2D eigenvalue weighted by Gasteiger charge is 2.29. The van der Waals surface area contributed by atoms with E-state index >= 15 is 0 Å². The summed E-state index contributed by atoms with van der Waals surface area (Å²) >= 11 is 5.99. The van der Waals surface area contributed by atoms with Crippen LogP contribution in [0.2, 0.25) is 5.02 Å². The SMILES string of the molecule is CN(C(=O)OC(C)(C)C)[C@@H](CCCCNC(=O)OCc1ccccc1Cl)C(=O)O. The van der Waals surface area contributed by atoms with Gasteiger partial charge in [0.15, 0.2) is 0 Å². The molecule has 2 amide bonds. The minimum atomic E-state index is -1.11. The minimum Gasteiger partial charge on any atom is -0.480 e. The molecule has 0 spiro atoms. The number of hydrogen-bond acceptors (Lipinski definition) is 5. The quantitative estimate of drug-likeness (QED) is 0.574. The van der Waals surface area contributed by atoms with Crippen LogP contribution in [0.3, 0.4) is 0 Å². The van der Waals surface area contributed by atoms with Crippen LogP contribution in [-0.2, 0) is 20.9 Å². The molecule has 1 rings (SSSR count). The van der Waals surface area contributed by atoms with Crippen LogP contribution in [0.1, 0.15) is 45.6 Å². The van der Waals surface area contributed by atoms with E-state index in [4.69, 9.17) is 21.1 Å². The van der Waals surface area contributed by atoms with E-state index in [1.54, 1.807) is 45.0 Å². The molecule has 1 aromatic carbocycles. The molecule has 0 aliphatic carbocycles. The fourth-order valence-electron chi connectivity index (χ4n) is 2.41. The first-order chi connectivity index (χ1) is 13.5. The average molecular weight is 429 g/mol. The van der Waals surface area contributed by atoms with Crippen molar-refractivity contribution >= 4 is 29.8 Å². The molecule has 0 heterocycles. The van der Waals surface area contributed by atoms with Crippen molar-refractivity contribution in [1.82, 2.24) is 10.2 Å².